The van der Waals surface area contributed by atoms with E-state index < -0.39 is 0 Å². The molecule has 1 fully saturated rings. The molecule has 0 saturated carbocycles. The number of aliphatic imine (C=N–C) groups is 1. The Morgan fingerprint density at radius 1 is 1.31 bits per heavy atom. The van der Waals surface area contributed by atoms with E-state index in [0.29, 0.717) is 17.1 Å². The molecule has 1 saturated heterocycles. The highest BCUT2D eigenvalue weighted by atomic mass is 19.1. The van der Waals surface area contributed by atoms with Crippen LogP contribution in [0.5, 0.6) is 0 Å². The van der Waals surface area contributed by atoms with E-state index in [-0.39, 0.29) is 18.4 Å². The number of benzene rings is 2. The van der Waals surface area contributed by atoms with Gasteiger partial charge in [-0.3, -0.25) is 4.99 Å². The van der Waals surface area contributed by atoms with Crippen molar-refractivity contribution in [3.05, 3.63) is 65.5 Å². The van der Waals surface area contributed by atoms with Crippen LogP contribution in [0, 0.1) is 17.1 Å². The molecule has 0 spiro atoms. The topological polar surface area (TPSA) is 63.5 Å². The van der Waals surface area contributed by atoms with E-state index in [1.54, 1.807) is 13.1 Å². The molecule has 1 aliphatic heterocycles. The van der Waals surface area contributed by atoms with E-state index in [1.165, 1.54) is 17.8 Å². The minimum Gasteiger partial charge on any atom is -0.369 e. The maximum Gasteiger partial charge on any atom is 0.191 e. The number of nitrogens with one attached hydrogen (secondary N) is 2. The number of halogens is 1. The molecular weight excluding hydrogens is 329 g/mol. The van der Waals surface area contributed by atoms with Gasteiger partial charge >= 0.3 is 0 Å². The van der Waals surface area contributed by atoms with Gasteiger partial charge in [-0.25, -0.2) is 4.39 Å². The first-order chi connectivity index (χ1) is 12.7. The van der Waals surface area contributed by atoms with Crippen LogP contribution in [0.15, 0.2) is 53.5 Å². The summed E-state index contributed by atoms with van der Waals surface area (Å²) in [5.74, 6) is 0.301. The summed E-state index contributed by atoms with van der Waals surface area (Å²) in [6.45, 7) is 2.15. The van der Waals surface area contributed by atoms with E-state index in [1.807, 2.05) is 24.3 Å². The number of para-hydroxylation sites is 1. The minimum absolute atomic E-state index is 0.274. The molecule has 0 bridgehead atoms. The van der Waals surface area contributed by atoms with Crippen LogP contribution in [0.4, 0.5) is 10.1 Å². The van der Waals surface area contributed by atoms with E-state index >= 15 is 0 Å². The number of nitrogens with zero attached hydrogens (tertiary/aromatic N) is 3. The first-order valence-corrected chi connectivity index (χ1v) is 8.65. The second-order valence-electron chi connectivity index (χ2n) is 6.26. The molecule has 1 unspecified atom stereocenters. The third-order valence-corrected chi connectivity index (χ3v) is 4.50. The number of hydrogen-bond acceptors (Lipinski definition) is 3. The standard InChI is InChI=1S/C20H22FN5/c1-23-20(24-13-16-11-15(12-22)7-8-19(16)21)25-17-9-10-26(14-17)18-5-3-2-4-6-18/h2-8,11,17H,9-10,13-14H2,1H3,(H2,23,24,25). The van der Waals surface area contributed by atoms with Crippen LogP contribution in [0.2, 0.25) is 0 Å². The molecule has 1 aliphatic rings. The van der Waals surface area contributed by atoms with Crippen molar-refractivity contribution in [3.8, 4) is 6.07 Å². The molecule has 2 aromatic carbocycles. The van der Waals surface area contributed by atoms with Gasteiger partial charge in [0.05, 0.1) is 11.6 Å². The molecule has 1 atom stereocenters. The molecule has 0 amide bonds. The van der Waals surface area contributed by atoms with Crippen LogP contribution in [-0.4, -0.2) is 32.1 Å². The second kappa shape index (κ2) is 8.34. The molecule has 1 heterocycles. The zero-order valence-electron chi connectivity index (χ0n) is 14.7. The van der Waals surface area contributed by atoms with Crippen molar-refractivity contribution in [2.45, 2.75) is 19.0 Å². The fraction of sp³-hybridized carbons (Fsp3) is 0.300. The van der Waals surface area contributed by atoms with Crippen LogP contribution in [0.25, 0.3) is 0 Å². The zero-order valence-corrected chi connectivity index (χ0v) is 14.7. The van der Waals surface area contributed by atoms with E-state index in [4.69, 9.17) is 5.26 Å². The lowest BCUT2D eigenvalue weighted by Crippen LogP contribution is -2.44. The SMILES string of the molecule is CN=C(NCc1cc(C#N)ccc1F)NC1CCN(c2ccccc2)C1. The highest BCUT2D eigenvalue weighted by Crippen LogP contribution is 2.19. The average Bonchev–Trinajstić information content (AvgIpc) is 3.15. The fourth-order valence-electron chi connectivity index (χ4n) is 3.10. The van der Waals surface area contributed by atoms with Gasteiger partial charge in [-0.2, -0.15) is 5.26 Å². The molecule has 0 radical (unpaired) electrons. The zero-order chi connectivity index (χ0) is 18.4. The fourth-order valence-corrected chi connectivity index (χ4v) is 3.10. The summed E-state index contributed by atoms with van der Waals surface area (Å²) in [5.41, 5.74) is 2.11. The largest absolute Gasteiger partial charge is 0.369 e. The van der Waals surface area contributed by atoms with Gasteiger partial charge < -0.3 is 15.5 Å². The summed E-state index contributed by atoms with van der Waals surface area (Å²) in [6.07, 6.45) is 1.01. The Labute approximate surface area is 153 Å². The molecule has 6 heteroatoms. The highest BCUT2D eigenvalue weighted by Gasteiger charge is 2.23. The first kappa shape index (κ1) is 17.7. The number of guanidine groups is 1. The summed E-state index contributed by atoms with van der Waals surface area (Å²) in [5, 5.41) is 15.5. The van der Waals surface area contributed by atoms with Crippen LogP contribution in [0.3, 0.4) is 0 Å². The second-order valence-corrected chi connectivity index (χ2v) is 6.26. The van der Waals surface area contributed by atoms with Crippen LogP contribution >= 0.6 is 0 Å². The summed E-state index contributed by atoms with van der Waals surface area (Å²) < 4.78 is 13.9. The van der Waals surface area contributed by atoms with Crippen molar-refractivity contribution in [2.24, 2.45) is 4.99 Å². The quantitative estimate of drug-likeness (QED) is 0.657. The third-order valence-electron chi connectivity index (χ3n) is 4.50. The van der Waals surface area contributed by atoms with Crippen molar-refractivity contribution in [3.63, 3.8) is 0 Å². The average molecular weight is 351 g/mol. The Morgan fingerprint density at radius 3 is 2.85 bits per heavy atom. The van der Waals surface area contributed by atoms with Gasteiger partial charge in [-0.1, -0.05) is 18.2 Å². The molecule has 134 valence electrons. The van der Waals surface area contributed by atoms with Gasteiger partial charge in [0.2, 0.25) is 0 Å². The van der Waals surface area contributed by atoms with Gasteiger partial charge in [0, 0.05) is 44.0 Å². The van der Waals surface area contributed by atoms with E-state index in [9.17, 15) is 4.39 Å². The number of nitriles is 1. The molecule has 0 aliphatic carbocycles. The molecule has 3 rings (SSSR count). The third kappa shape index (κ3) is 4.31. The van der Waals surface area contributed by atoms with Gasteiger partial charge in [0.15, 0.2) is 5.96 Å². The van der Waals surface area contributed by atoms with Crippen molar-refractivity contribution in [2.75, 3.05) is 25.0 Å². The smallest absolute Gasteiger partial charge is 0.191 e. The van der Waals surface area contributed by atoms with Crippen LogP contribution in [-0.2, 0) is 6.54 Å². The molecule has 2 N–H and O–H groups in total. The number of anilines is 1. The Bertz CT molecular complexity index is 813. The van der Waals surface area contributed by atoms with Crippen molar-refractivity contribution in [1.29, 1.82) is 5.26 Å². The summed E-state index contributed by atoms with van der Waals surface area (Å²) >= 11 is 0. The first-order valence-electron chi connectivity index (χ1n) is 8.65. The molecule has 5 nitrogen and oxygen atoms in total. The minimum atomic E-state index is -0.330. The van der Waals surface area contributed by atoms with Crippen molar-refractivity contribution in [1.82, 2.24) is 10.6 Å². The predicted octanol–water partition coefficient (Wildman–Crippen LogP) is 2.64. The predicted molar refractivity (Wildman–Crippen MR) is 102 cm³/mol. The number of rotatable bonds is 4. The van der Waals surface area contributed by atoms with Gasteiger partial charge in [-0.15, -0.1) is 0 Å². The normalized spacial score (nSPS) is 17.0. The summed E-state index contributed by atoms with van der Waals surface area (Å²) in [4.78, 5) is 6.56. The lowest BCUT2D eigenvalue weighted by molar-refractivity contribution is 0.600. The monoisotopic (exact) mass is 351 g/mol. The Morgan fingerprint density at radius 2 is 2.12 bits per heavy atom. The Hall–Kier alpha value is -3.07. The number of hydrogen-bond donors (Lipinski definition) is 2. The van der Waals surface area contributed by atoms with E-state index in [0.717, 1.165) is 19.5 Å². The maximum absolute atomic E-state index is 13.9. The Kier molecular flexibility index (Phi) is 5.69. The van der Waals surface area contributed by atoms with Crippen LogP contribution in [0.1, 0.15) is 17.5 Å². The molecule has 2 aromatic rings. The molecule has 26 heavy (non-hydrogen) atoms. The highest BCUT2D eigenvalue weighted by molar-refractivity contribution is 5.80. The lowest BCUT2D eigenvalue weighted by atomic mass is 10.1. The van der Waals surface area contributed by atoms with E-state index in [2.05, 4.69) is 32.7 Å². The molecular formula is C20H22FN5. The lowest BCUT2D eigenvalue weighted by Gasteiger charge is -2.20. The van der Waals surface area contributed by atoms with Crippen molar-refractivity contribution >= 4 is 11.6 Å². The van der Waals surface area contributed by atoms with Gasteiger partial charge in [0.1, 0.15) is 5.82 Å². The summed E-state index contributed by atoms with van der Waals surface area (Å²) in [6, 6.07) is 17.0. The van der Waals surface area contributed by atoms with Crippen LogP contribution < -0.4 is 15.5 Å². The van der Waals surface area contributed by atoms with Gasteiger partial charge in [0.25, 0.3) is 0 Å². The molecule has 0 aromatic heterocycles. The maximum atomic E-state index is 13.9. The Balaban J connectivity index is 1.55. The van der Waals surface area contributed by atoms with Gasteiger partial charge in [-0.05, 0) is 36.8 Å². The van der Waals surface area contributed by atoms with Crippen molar-refractivity contribution < 1.29 is 4.39 Å². The summed E-state index contributed by atoms with van der Waals surface area (Å²) in [7, 11) is 1.70.